The van der Waals surface area contributed by atoms with Gasteiger partial charge in [0.1, 0.15) is 0 Å². The van der Waals surface area contributed by atoms with Crippen molar-refractivity contribution in [3.8, 4) is 11.3 Å². The second-order valence-electron chi connectivity index (χ2n) is 5.23. The molecule has 0 bridgehead atoms. The molecule has 0 radical (unpaired) electrons. The predicted octanol–water partition coefficient (Wildman–Crippen LogP) is 3.02. The van der Waals surface area contributed by atoms with Gasteiger partial charge in [0.15, 0.2) is 0 Å². The molecule has 20 heavy (non-hydrogen) atoms. The zero-order valence-corrected chi connectivity index (χ0v) is 11.7. The molecule has 104 valence electrons. The van der Waals surface area contributed by atoms with Gasteiger partial charge < -0.3 is 5.32 Å². The van der Waals surface area contributed by atoms with Crippen molar-refractivity contribution in [3.05, 3.63) is 42.1 Å². The molecule has 3 rings (SSSR count). The van der Waals surface area contributed by atoms with Crippen molar-refractivity contribution >= 4 is 5.91 Å². The summed E-state index contributed by atoms with van der Waals surface area (Å²) in [4.78, 5) is 12.1. The van der Waals surface area contributed by atoms with Crippen LogP contribution in [0.1, 0.15) is 42.1 Å². The van der Waals surface area contributed by atoms with E-state index in [2.05, 4.69) is 10.4 Å². The van der Waals surface area contributed by atoms with Gasteiger partial charge in [-0.3, -0.25) is 9.48 Å². The molecule has 4 heteroatoms. The van der Waals surface area contributed by atoms with Gasteiger partial charge in [-0.25, -0.2) is 0 Å². The van der Waals surface area contributed by atoms with Crippen LogP contribution in [0.2, 0.25) is 0 Å². The number of nitrogens with zero attached hydrogens (tertiary/aromatic N) is 2. The SMILES string of the molecule is CNC(=O)c1cnn(C2CCCC2)c1-c1ccccc1. The molecule has 1 N–H and O–H groups in total. The van der Waals surface area contributed by atoms with Crippen molar-refractivity contribution < 1.29 is 4.79 Å². The van der Waals surface area contributed by atoms with Gasteiger partial charge in [-0.15, -0.1) is 0 Å². The van der Waals surface area contributed by atoms with Crippen LogP contribution in [0.3, 0.4) is 0 Å². The molecular formula is C16H19N3O. The van der Waals surface area contributed by atoms with Crippen LogP contribution in [0.25, 0.3) is 11.3 Å². The van der Waals surface area contributed by atoms with Crippen molar-refractivity contribution in [2.24, 2.45) is 0 Å². The van der Waals surface area contributed by atoms with Gasteiger partial charge in [-0.2, -0.15) is 5.10 Å². The predicted molar refractivity (Wildman–Crippen MR) is 78.6 cm³/mol. The Kier molecular flexibility index (Phi) is 3.54. The lowest BCUT2D eigenvalue weighted by molar-refractivity contribution is 0.0963. The zero-order valence-electron chi connectivity index (χ0n) is 11.7. The summed E-state index contributed by atoms with van der Waals surface area (Å²) in [5.41, 5.74) is 2.65. The van der Waals surface area contributed by atoms with E-state index in [0.29, 0.717) is 11.6 Å². The number of hydrogen-bond acceptors (Lipinski definition) is 2. The molecule has 1 saturated carbocycles. The van der Waals surface area contributed by atoms with Crippen LogP contribution in [-0.2, 0) is 0 Å². The summed E-state index contributed by atoms with van der Waals surface area (Å²) in [5, 5.41) is 7.20. The molecule has 0 spiro atoms. The van der Waals surface area contributed by atoms with Gasteiger partial charge in [0.2, 0.25) is 0 Å². The average molecular weight is 269 g/mol. The van der Waals surface area contributed by atoms with Crippen molar-refractivity contribution in [1.82, 2.24) is 15.1 Å². The highest BCUT2D eigenvalue weighted by Gasteiger charge is 2.25. The first-order chi connectivity index (χ1) is 9.81. The van der Waals surface area contributed by atoms with Crippen LogP contribution in [0.15, 0.2) is 36.5 Å². The number of hydrogen-bond donors (Lipinski definition) is 1. The summed E-state index contributed by atoms with van der Waals surface area (Å²) in [7, 11) is 1.66. The molecule has 1 aromatic heterocycles. The van der Waals surface area contributed by atoms with Crippen LogP contribution in [0.4, 0.5) is 0 Å². The summed E-state index contributed by atoms with van der Waals surface area (Å²) in [5.74, 6) is -0.0758. The van der Waals surface area contributed by atoms with E-state index in [0.717, 1.165) is 24.1 Å². The van der Waals surface area contributed by atoms with Gasteiger partial charge in [-0.05, 0) is 12.8 Å². The van der Waals surface area contributed by atoms with E-state index in [1.165, 1.54) is 12.8 Å². The van der Waals surface area contributed by atoms with Gasteiger partial charge in [0.05, 0.1) is 23.5 Å². The molecule has 1 aliphatic rings. The first-order valence-electron chi connectivity index (χ1n) is 7.16. The highest BCUT2D eigenvalue weighted by Crippen LogP contribution is 2.34. The second kappa shape index (κ2) is 5.49. The van der Waals surface area contributed by atoms with E-state index in [-0.39, 0.29) is 5.91 Å². The fourth-order valence-corrected chi connectivity index (χ4v) is 2.97. The summed E-state index contributed by atoms with van der Waals surface area (Å²) >= 11 is 0. The maximum Gasteiger partial charge on any atom is 0.254 e. The van der Waals surface area contributed by atoms with Crippen LogP contribution in [0.5, 0.6) is 0 Å². The summed E-state index contributed by atoms with van der Waals surface area (Å²) in [6.07, 6.45) is 6.48. The molecule has 4 nitrogen and oxygen atoms in total. The largest absolute Gasteiger partial charge is 0.355 e. The monoisotopic (exact) mass is 269 g/mol. The molecule has 2 aromatic rings. The Labute approximate surface area is 118 Å². The van der Waals surface area contributed by atoms with Crippen LogP contribution in [0, 0.1) is 0 Å². The number of nitrogens with one attached hydrogen (secondary N) is 1. The summed E-state index contributed by atoms with van der Waals surface area (Å²) in [6.45, 7) is 0. The lowest BCUT2D eigenvalue weighted by Gasteiger charge is -2.15. The molecule has 0 saturated heterocycles. The Balaban J connectivity index is 2.11. The topological polar surface area (TPSA) is 46.9 Å². The van der Waals surface area contributed by atoms with Crippen LogP contribution in [-0.4, -0.2) is 22.7 Å². The number of aromatic nitrogens is 2. The van der Waals surface area contributed by atoms with Crippen LogP contribution < -0.4 is 5.32 Å². The highest BCUT2D eigenvalue weighted by atomic mass is 16.1. The lowest BCUT2D eigenvalue weighted by Crippen LogP contribution is -2.19. The average Bonchev–Trinajstić information content (AvgIpc) is 3.15. The van der Waals surface area contributed by atoms with Gasteiger partial charge in [0, 0.05) is 12.6 Å². The van der Waals surface area contributed by atoms with Crippen molar-refractivity contribution in [2.45, 2.75) is 31.7 Å². The number of carbonyl (C=O) groups excluding carboxylic acids is 1. The molecule has 0 atom stereocenters. The van der Waals surface area contributed by atoms with Gasteiger partial charge in [0.25, 0.3) is 5.91 Å². The quantitative estimate of drug-likeness (QED) is 0.931. The fraction of sp³-hybridized carbons (Fsp3) is 0.375. The van der Waals surface area contributed by atoms with Crippen molar-refractivity contribution in [1.29, 1.82) is 0 Å². The minimum Gasteiger partial charge on any atom is -0.355 e. The third kappa shape index (κ3) is 2.22. The third-order valence-corrected chi connectivity index (χ3v) is 3.98. The molecular weight excluding hydrogens is 250 g/mol. The third-order valence-electron chi connectivity index (χ3n) is 3.98. The summed E-state index contributed by atoms with van der Waals surface area (Å²) in [6, 6.07) is 10.5. The standard InChI is InChI=1S/C16H19N3O/c1-17-16(20)14-11-18-19(13-9-5-6-10-13)15(14)12-7-3-2-4-8-12/h2-4,7-8,11,13H,5-6,9-10H2,1H3,(H,17,20). The molecule has 0 unspecified atom stereocenters. The molecule has 1 aromatic carbocycles. The first-order valence-corrected chi connectivity index (χ1v) is 7.16. The Morgan fingerprint density at radius 2 is 1.95 bits per heavy atom. The van der Waals surface area contributed by atoms with E-state index < -0.39 is 0 Å². The Morgan fingerprint density at radius 3 is 2.60 bits per heavy atom. The normalized spacial score (nSPS) is 15.4. The molecule has 1 heterocycles. The maximum atomic E-state index is 12.1. The molecule has 1 aliphatic carbocycles. The second-order valence-corrected chi connectivity index (χ2v) is 5.23. The van der Waals surface area contributed by atoms with Gasteiger partial charge in [-0.1, -0.05) is 43.2 Å². The molecule has 1 fully saturated rings. The summed E-state index contributed by atoms with van der Waals surface area (Å²) < 4.78 is 2.05. The Hall–Kier alpha value is -2.10. The number of rotatable bonds is 3. The van der Waals surface area contributed by atoms with E-state index in [9.17, 15) is 4.79 Å². The molecule has 0 aliphatic heterocycles. The highest BCUT2D eigenvalue weighted by molar-refractivity contribution is 5.99. The first kappa shape index (κ1) is 12.9. The fourth-order valence-electron chi connectivity index (χ4n) is 2.97. The number of amides is 1. The minimum absolute atomic E-state index is 0.0758. The van der Waals surface area contributed by atoms with E-state index in [4.69, 9.17) is 0 Å². The zero-order chi connectivity index (χ0) is 13.9. The van der Waals surface area contributed by atoms with E-state index >= 15 is 0 Å². The van der Waals surface area contributed by atoms with Crippen molar-refractivity contribution in [3.63, 3.8) is 0 Å². The minimum atomic E-state index is -0.0758. The molecule has 1 amide bonds. The smallest absolute Gasteiger partial charge is 0.254 e. The number of carbonyl (C=O) groups is 1. The van der Waals surface area contributed by atoms with Gasteiger partial charge >= 0.3 is 0 Å². The number of benzene rings is 1. The Bertz CT molecular complexity index is 597. The van der Waals surface area contributed by atoms with Crippen molar-refractivity contribution in [2.75, 3.05) is 7.05 Å². The Morgan fingerprint density at radius 1 is 1.25 bits per heavy atom. The van der Waals surface area contributed by atoms with E-state index in [1.807, 2.05) is 35.0 Å². The maximum absolute atomic E-state index is 12.1. The van der Waals surface area contributed by atoms with E-state index in [1.54, 1.807) is 13.2 Å². The lowest BCUT2D eigenvalue weighted by atomic mass is 10.1. The van der Waals surface area contributed by atoms with Crippen LogP contribution >= 0.6 is 0 Å².